The number of aromatic nitrogens is 1. The smallest absolute Gasteiger partial charge is 0.253 e. The highest BCUT2D eigenvalue weighted by Crippen LogP contribution is 2.17. The summed E-state index contributed by atoms with van der Waals surface area (Å²) in [5.41, 5.74) is 2.86. The maximum Gasteiger partial charge on any atom is 0.253 e. The van der Waals surface area contributed by atoms with Gasteiger partial charge in [-0.3, -0.25) is 9.69 Å². The lowest BCUT2D eigenvalue weighted by atomic mass is 10.1. The van der Waals surface area contributed by atoms with Crippen LogP contribution in [0.1, 0.15) is 27.4 Å². The maximum atomic E-state index is 12.5. The van der Waals surface area contributed by atoms with Crippen LogP contribution < -0.4 is 0 Å². The fourth-order valence-electron chi connectivity index (χ4n) is 2.84. The van der Waals surface area contributed by atoms with Gasteiger partial charge in [0.05, 0.1) is 5.69 Å². The second-order valence-electron chi connectivity index (χ2n) is 5.88. The van der Waals surface area contributed by atoms with Gasteiger partial charge in [-0.2, -0.15) is 0 Å². The van der Waals surface area contributed by atoms with Gasteiger partial charge in [-0.1, -0.05) is 21.1 Å². The Bertz CT molecular complexity index is 669. The van der Waals surface area contributed by atoms with E-state index in [0.29, 0.717) is 0 Å². The van der Waals surface area contributed by atoms with Crippen LogP contribution in [0.4, 0.5) is 0 Å². The van der Waals surface area contributed by atoms with E-state index in [-0.39, 0.29) is 5.91 Å². The van der Waals surface area contributed by atoms with Gasteiger partial charge in [0.1, 0.15) is 5.76 Å². The molecule has 0 unspecified atom stereocenters. The zero-order valence-corrected chi connectivity index (χ0v) is 15.0. The topological polar surface area (TPSA) is 49.6 Å². The number of rotatable bonds is 3. The first kappa shape index (κ1) is 16.2. The molecule has 2 heterocycles. The molecule has 0 aliphatic carbocycles. The maximum absolute atomic E-state index is 12.5. The Balaban J connectivity index is 1.58. The van der Waals surface area contributed by atoms with Gasteiger partial charge in [-0.15, -0.1) is 0 Å². The molecule has 0 bridgehead atoms. The van der Waals surface area contributed by atoms with Crippen LogP contribution >= 0.6 is 15.9 Å². The molecule has 0 spiro atoms. The SMILES string of the molecule is Cc1noc(C)c1CN1CCN(C(=O)c2ccc(Br)cc2)CC1. The van der Waals surface area contributed by atoms with E-state index in [0.717, 1.165) is 59.8 Å². The predicted octanol–water partition coefficient (Wildman–Crippen LogP) is 3.01. The molecule has 1 fully saturated rings. The largest absolute Gasteiger partial charge is 0.361 e. The number of piperazine rings is 1. The molecule has 1 saturated heterocycles. The van der Waals surface area contributed by atoms with Crippen molar-refractivity contribution in [3.05, 3.63) is 51.3 Å². The van der Waals surface area contributed by atoms with Crippen molar-refractivity contribution < 1.29 is 9.32 Å². The highest BCUT2D eigenvalue weighted by molar-refractivity contribution is 9.10. The minimum Gasteiger partial charge on any atom is -0.361 e. The van der Waals surface area contributed by atoms with E-state index in [1.165, 1.54) is 0 Å². The molecule has 1 aliphatic heterocycles. The standard InChI is InChI=1S/C17H20BrN3O2/c1-12-16(13(2)23-19-12)11-20-7-9-21(10-8-20)17(22)14-3-5-15(18)6-4-14/h3-6H,7-11H2,1-2H3. The van der Waals surface area contributed by atoms with Crippen molar-refractivity contribution in [2.75, 3.05) is 26.2 Å². The van der Waals surface area contributed by atoms with Crippen LogP contribution in [0.3, 0.4) is 0 Å². The van der Waals surface area contributed by atoms with Crippen molar-refractivity contribution in [2.24, 2.45) is 0 Å². The van der Waals surface area contributed by atoms with Crippen molar-refractivity contribution in [2.45, 2.75) is 20.4 Å². The average Bonchev–Trinajstić information content (AvgIpc) is 2.87. The molecular weight excluding hydrogens is 358 g/mol. The Morgan fingerprint density at radius 2 is 1.83 bits per heavy atom. The van der Waals surface area contributed by atoms with Crippen LogP contribution in [-0.4, -0.2) is 47.0 Å². The Morgan fingerprint density at radius 3 is 2.39 bits per heavy atom. The van der Waals surface area contributed by atoms with E-state index in [2.05, 4.69) is 26.0 Å². The van der Waals surface area contributed by atoms with E-state index in [1.807, 2.05) is 43.0 Å². The summed E-state index contributed by atoms with van der Waals surface area (Å²) in [4.78, 5) is 16.8. The Morgan fingerprint density at radius 1 is 1.17 bits per heavy atom. The van der Waals surface area contributed by atoms with Crippen LogP contribution in [0.15, 0.2) is 33.3 Å². The minimum absolute atomic E-state index is 0.106. The Kier molecular flexibility index (Phi) is 4.82. The van der Waals surface area contributed by atoms with E-state index in [4.69, 9.17) is 4.52 Å². The molecule has 6 heteroatoms. The molecule has 1 amide bonds. The first-order valence-electron chi connectivity index (χ1n) is 7.73. The molecule has 2 aromatic rings. The predicted molar refractivity (Wildman–Crippen MR) is 91.3 cm³/mol. The number of hydrogen-bond acceptors (Lipinski definition) is 4. The highest BCUT2D eigenvalue weighted by atomic mass is 79.9. The molecule has 23 heavy (non-hydrogen) atoms. The molecule has 1 aliphatic rings. The van der Waals surface area contributed by atoms with Crippen LogP contribution in [0.5, 0.6) is 0 Å². The molecule has 0 N–H and O–H groups in total. The number of carbonyl (C=O) groups is 1. The normalized spacial score (nSPS) is 15.9. The van der Waals surface area contributed by atoms with Crippen molar-refractivity contribution in [1.29, 1.82) is 0 Å². The van der Waals surface area contributed by atoms with Gasteiger partial charge in [0.2, 0.25) is 0 Å². The summed E-state index contributed by atoms with van der Waals surface area (Å²) in [5, 5.41) is 4.00. The summed E-state index contributed by atoms with van der Waals surface area (Å²) < 4.78 is 6.20. The molecule has 0 radical (unpaired) electrons. The summed E-state index contributed by atoms with van der Waals surface area (Å²) >= 11 is 3.39. The number of amides is 1. The van der Waals surface area contributed by atoms with Crippen molar-refractivity contribution in [1.82, 2.24) is 15.0 Å². The number of hydrogen-bond donors (Lipinski definition) is 0. The van der Waals surface area contributed by atoms with Crippen molar-refractivity contribution in [3.8, 4) is 0 Å². The fourth-order valence-corrected chi connectivity index (χ4v) is 3.10. The van der Waals surface area contributed by atoms with Crippen LogP contribution in [-0.2, 0) is 6.54 Å². The molecule has 122 valence electrons. The minimum atomic E-state index is 0.106. The third-order valence-corrected chi connectivity index (χ3v) is 4.84. The number of halogens is 1. The van der Waals surface area contributed by atoms with Gasteiger partial charge in [-0.05, 0) is 38.1 Å². The van der Waals surface area contributed by atoms with E-state index in [9.17, 15) is 4.79 Å². The average molecular weight is 378 g/mol. The van der Waals surface area contributed by atoms with E-state index < -0.39 is 0 Å². The first-order chi connectivity index (χ1) is 11.0. The van der Waals surface area contributed by atoms with E-state index in [1.54, 1.807) is 0 Å². The third kappa shape index (κ3) is 3.64. The van der Waals surface area contributed by atoms with Gasteiger partial charge < -0.3 is 9.42 Å². The molecular formula is C17H20BrN3O2. The lowest BCUT2D eigenvalue weighted by Crippen LogP contribution is -2.48. The number of nitrogens with zero attached hydrogens (tertiary/aromatic N) is 3. The number of aryl methyl sites for hydroxylation is 2. The van der Waals surface area contributed by atoms with Gasteiger partial charge in [0.25, 0.3) is 5.91 Å². The number of benzene rings is 1. The summed E-state index contributed by atoms with van der Waals surface area (Å²) in [6.07, 6.45) is 0. The molecule has 3 rings (SSSR count). The Labute approximate surface area is 144 Å². The zero-order chi connectivity index (χ0) is 16.4. The highest BCUT2D eigenvalue weighted by Gasteiger charge is 2.23. The Hall–Kier alpha value is -1.66. The quantitative estimate of drug-likeness (QED) is 0.824. The van der Waals surface area contributed by atoms with Crippen molar-refractivity contribution >= 4 is 21.8 Å². The summed E-state index contributed by atoms with van der Waals surface area (Å²) in [5.74, 6) is 0.991. The summed E-state index contributed by atoms with van der Waals surface area (Å²) in [6, 6.07) is 7.53. The summed E-state index contributed by atoms with van der Waals surface area (Å²) in [7, 11) is 0. The van der Waals surface area contributed by atoms with Crippen LogP contribution in [0.25, 0.3) is 0 Å². The van der Waals surface area contributed by atoms with Gasteiger partial charge in [-0.25, -0.2) is 0 Å². The van der Waals surface area contributed by atoms with Crippen LogP contribution in [0, 0.1) is 13.8 Å². The monoisotopic (exact) mass is 377 g/mol. The molecule has 0 saturated carbocycles. The fraction of sp³-hybridized carbons (Fsp3) is 0.412. The lowest BCUT2D eigenvalue weighted by Gasteiger charge is -2.34. The second-order valence-corrected chi connectivity index (χ2v) is 6.79. The van der Waals surface area contributed by atoms with Gasteiger partial charge in [0.15, 0.2) is 0 Å². The molecule has 5 nitrogen and oxygen atoms in total. The van der Waals surface area contributed by atoms with Crippen LogP contribution in [0.2, 0.25) is 0 Å². The third-order valence-electron chi connectivity index (χ3n) is 4.31. The lowest BCUT2D eigenvalue weighted by molar-refractivity contribution is 0.0627. The summed E-state index contributed by atoms with van der Waals surface area (Å²) in [6.45, 7) is 7.98. The van der Waals surface area contributed by atoms with E-state index >= 15 is 0 Å². The van der Waals surface area contributed by atoms with Crippen molar-refractivity contribution in [3.63, 3.8) is 0 Å². The molecule has 1 aromatic carbocycles. The van der Waals surface area contributed by atoms with Gasteiger partial charge in [0, 0.05) is 48.3 Å². The zero-order valence-electron chi connectivity index (χ0n) is 13.4. The first-order valence-corrected chi connectivity index (χ1v) is 8.53. The molecule has 0 atom stereocenters. The second kappa shape index (κ2) is 6.84. The van der Waals surface area contributed by atoms with Gasteiger partial charge >= 0.3 is 0 Å². The number of carbonyl (C=O) groups excluding carboxylic acids is 1. The molecule has 1 aromatic heterocycles.